The van der Waals surface area contributed by atoms with Gasteiger partial charge in [0, 0.05) is 6.54 Å². The fourth-order valence-electron chi connectivity index (χ4n) is 4.30. The van der Waals surface area contributed by atoms with Gasteiger partial charge < -0.3 is 4.90 Å². The van der Waals surface area contributed by atoms with E-state index >= 15 is 0 Å². The van der Waals surface area contributed by atoms with Gasteiger partial charge in [-0.15, -0.1) is 0 Å². The van der Waals surface area contributed by atoms with Gasteiger partial charge in [0.15, 0.2) is 0 Å². The molecular weight excluding hydrogens is 260 g/mol. The van der Waals surface area contributed by atoms with Gasteiger partial charge in [-0.25, -0.2) is 0 Å². The van der Waals surface area contributed by atoms with Crippen LogP contribution < -0.4 is 5.32 Å². The van der Waals surface area contributed by atoms with E-state index in [4.69, 9.17) is 0 Å². The van der Waals surface area contributed by atoms with Gasteiger partial charge in [0.05, 0.1) is 12.2 Å². The Morgan fingerprint density at radius 2 is 1.95 bits per heavy atom. The second-order valence-electron chi connectivity index (χ2n) is 8.40. The van der Waals surface area contributed by atoms with Crippen molar-refractivity contribution in [3.05, 3.63) is 0 Å². The largest absolute Gasteiger partial charge is 0.325 e. The van der Waals surface area contributed by atoms with Crippen LogP contribution >= 0.6 is 0 Å². The number of carbonyl (C=O) groups excluding carboxylic acids is 1. The van der Waals surface area contributed by atoms with E-state index in [-0.39, 0.29) is 6.04 Å². The van der Waals surface area contributed by atoms with Gasteiger partial charge in [0.1, 0.15) is 0 Å². The van der Waals surface area contributed by atoms with Crippen molar-refractivity contribution in [2.24, 2.45) is 23.2 Å². The SMILES string of the molecule is CCC(C)C1NC(C2CCCC2)N(CC2CC2(C)C)C1=O. The highest BCUT2D eigenvalue weighted by atomic mass is 16.2. The van der Waals surface area contributed by atoms with Crippen LogP contribution in [0.5, 0.6) is 0 Å². The smallest absolute Gasteiger partial charge is 0.241 e. The molecular formula is C18H32N2O. The highest BCUT2D eigenvalue weighted by molar-refractivity contribution is 5.84. The summed E-state index contributed by atoms with van der Waals surface area (Å²) in [5, 5.41) is 3.72. The lowest BCUT2D eigenvalue weighted by molar-refractivity contribution is -0.131. The maximum atomic E-state index is 12.9. The van der Waals surface area contributed by atoms with Crippen LogP contribution in [-0.2, 0) is 4.79 Å². The maximum Gasteiger partial charge on any atom is 0.241 e. The third kappa shape index (κ3) is 2.86. The van der Waals surface area contributed by atoms with Crippen molar-refractivity contribution in [1.29, 1.82) is 0 Å². The Morgan fingerprint density at radius 3 is 2.48 bits per heavy atom. The van der Waals surface area contributed by atoms with Crippen molar-refractivity contribution in [2.75, 3.05) is 6.54 Å². The standard InChI is InChI=1S/C18H32N2O/c1-5-12(2)15-17(21)20(11-14-10-18(14,3)4)16(19-15)13-8-6-7-9-13/h12-16,19H,5-11H2,1-4H3. The van der Waals surface area contributed by atoms with Crippen LogP contribution in [0.15, 0.2) is 0 Å². The number of amides is 1. The molecule has 3 aliphatic rings. The molecule has 3 heteroatoms. The molecule has 1 amide bonds. The summed E-state index contributed by atoms with van der Waals surface area (Å²) in [4.78, 5) is 15.1. The molecule has 0 spiro atoms. The minimum absolute atomic E-state index is 0.0578. The minimum Gasteiger partial charge on any atom is -0.325 e. The van der Waals surface area contributed by atoms with Crippen molar-refractivity contribution in [3.63, 3.8) is 0 Å². The van der Waals surface area contributed by atoms with Crippen LogP contribution in [0.4, 0.5) is 0 Å². The molecule has 1 aliphatic heterocycles. The van der Waals surface area contributed by atoms with Gasteiger partial charge in [-0.2, -0.15) is 0 Å². The summed E-state index contributed by atoms with van der Waals surface area (Å²) in [5.41, 5.74) is 0.453. The van der Waals surface area contributed by atoms with E-state index in [1.807, 2.05) is 0 Å². The third-order valence-electron chi connectivity index (χ3n) is 6.43. The first-order valence-corrected chi connectivity index (χ1v) is 9.00. The molecule has 2 aliphatic carbocycles. The van der Waals surface area contributed by atoms with E-state index < -0.39 is 0 Å². The fourth-order valence-corrected chi connectivity index (χ4v) is 4.30. The van der Waals surface area contributed by atoms with E-state index in [1.165, 1.54) is 32.1 Å². The maximum absolute atomic E-state index is 12.9. The monoisotopic (exact) mass is 292 g/mol. The first-order chi connectivity index (χ1) is 9.94. The molecule has 3 rings (SSSR count). The molecule has 3 nitrogen and oxygen atoms in total. The van der Waals surface area contributed by atoms with Gasteiger partial charge in [0.25, 0.3) is 0 Å². The van der Waals surface area contributed by atoms with E-state index in [2.05, 4.69) is 37.9 Å². The predicted molar refractivity (Wildman–Crippen MR) is 85.7 cm³/mol. The second kappa shape index (κ2) is 5.57. The first kappa shape index (κ1) is 15.3. The first-order valence-electron chi connectivity index (χ1n) is 9.00. The molecule has 1 heterocycles. The number of hydrogen-bond donors (Lipinski definition) is 1. The van der Waals surface area contributed by atoms with Crippen molar-refractivity contribution in [1.82, 2.24) is 10.2 Å². The average Bonchev–Trinajstić information content (AvgIpc) is 2.87. The average molecular weight is 292 g/mol. The third-order valence-corrected chi connectivity index (χ3v) is 6.43. The normalized spacial score (nSPS) is 37.2. The summed E-state index contributed by atoms with van der Waals surface area (Å²) >= 11 is 0. The van der Waals surface area contributed by atoms with Crippen molar-refractivity contribution >= 4 is 5.91 Å². The highest BCUT2D eigenvalue weighted by Crippen LogP contribution is 2.52. The van der Waals surface area contributed by atoms with Crippen molar-refractivity contribution < 1.29 is 4.79 Å². The van der Waals surface area contributed by atoms with Crippen LogP contribution in [0.25, 0.3) is 0 Å². The Labute approximate surface area is 129 Å². The molecule has 120 valence electrons. The van der Waals surface area contributed by atoms with Gasteiger partial charge in [-0.1, -0.05) is 47.0 Å². The number of nitrogens with one attached hydrogen (secondary N) is 1. The summed E-state index contributed by atoms with van der Waals surface area (Å²) in [7, 11) is 0. The molecule has 1 saturated heterocycles. The summed E-state index contributed by atoms with van der Waals surface area (Å²) in [6.45, 7) is 10.1. The zero-order valence-corrected chi connectivity index (χ0v) is 14.2. The zero-order chi connectivity index (χ0) is 15.2. The number of hydrogen-bond acceptors (Lipinski definition) is 2. The molecule has 3 fully saturated rings. The Balaban J connectivity index is 1.73. The van der Waals surface area contributed by atoms with E-state index in [0.717, 1.165) is 13.0 Å². The van der Waals surface area contributed by atoms with Gasteiger partial charge >= 0.3 is 0 Å². The molecule has 2 saturated carbocycles. The van der Waals surface area contributed by atoms with Crippen LogP contribution in [0.2, 0.25) is 0 Å². The van der Waals surface area contributed by atoms with Crippen LogP contribution in [0.3, 0.4) is 0 Å². The molecule has 0 bridgehead atoms. The van der Waals surface area contributed by atoms with Crippen LogP contribution in [-0.4, -0.2) is 29.6 Å². The predicted octanol–water partition coefficient (Wildman–Crippen LogP) is 3.40. The van der Waals surface area contributed by atoms with Crippen molar-refractivity contribution in [2.45, 2.75) is 78.4 Å². The van der Waals surface area contributed by atoms with Crippen LogP contribution in [0, 0.1) is 23.2 Å². The minimum atomic E-state index is 0.0578. The van der Waals surface area contributed by atoms with Gasteiger partial charge in [-0.3, -0.25) is 10.1 Å². The van der Waals surface area contributed by atoms with Gasteiger partial charge in [-0.05, 0) is 42.4 Å². The molecule has 1 N–H and O–H groups in total. The molecule has 0 radical (unpaired) electrons. The zero-order valence-electron chi connectivity index (χ0n) is 14.2. The topological polar surface area (TPSA) is 32.3 Å². The van der Waals surface area contributed by atoms with E-state index in [1.54, 1.807) is 0 Å². The Hall–Kier alpha value is -0.570. The van der Waals surface area contributed by atoms with Gasteiger partial charge in [0.2, 0.25) is 5.91 Å². The van der Waals surface area contributed by atoms with Crippen LogP contribution in [0.1, 0.15) is 66.2 Å². The van der Waals surface area contributed by atoms with E-state index in [0.29, 0.717) is 35.2 Å². The second-order valence-corrected chi connectivity index (χ2v) is 8.40. The summed E-state index contributed by atoms with van der Waals surface area (Å²) < 4.78 is 0. The fraction of sp³-hybridized carbons (Fsp3) is 0.944. The summed E-state index contributed by atoms with van der Waals surface area (Å²) in [6.07, 6.45) is 7.94. The molecule has 4 atom stereocenters. The quantitative estimate of drug-likeness (QED) is 0.842. The summed E-state index contributed by atoms with van der Waals surface area (Å²) in [5.74, 6) is 2.22. The lowest BCUT2D eigenvalue weighted by atomic mass is 9.99. The Bertz CT molecular complexity index is 400. The lowest BCUT2D eigenvalue weighted by Crippen LogP contribution is -2.44. The molecule has 0 aromatic rings. The number of carbonyl (C=O) groups is 1. The molecule has 0 aromatic heterocycles. The number of rotatable bonds is 5. The van der Waals surface area contributed by atoms with Crippen molar-refractivity contribution in [3.8, 4) is 0 Å². The Kier molecular flexibility index (Phi) is 4.06. The molecule has 0 aromatic carbocycles. The molecule has 21 heavy (non-hydrogen) atoms. The Morgan fingerprint density at radius 1 is 1.33 bits per heavy atom. The highest BCUT2D eigenvalue weighted by Gasteiger charge is 2.51. The molecule has 4 unspecified atom stereocenters. The summed E-state index contributed by atoms with van der Waals surface area (Å²) in [6, 6.07) is 0.0578. The lowest BCUT2D eigenvalue weighted by Gasteiger charge is -2.29. The number of nitrogens with zero attached hydrogens (tertiary/aromatic N) is 1. The van der Waals surface area contributed by atoms with E-state index in [9.17, 15) is 4.79 Å².